The van der Waals surface area contributed by atoms with Crippen LogP contribution in [0.4, 0.5) is 18.9 Å². The molecule has 0 saturated heterocycles. The maximum Gasteiger partial charge on any atom is 0.416 e. The second kappa shape index (κ2) is 5.44. The van der Waals surface area contributed by atoms with Crippen molar-refractivity contribution in [2.24, 2.45) is 0 Å². The molecule has 21 heavy (non-hydrogen) atoms. The van der Waals surface area contributed by atoms with Crippen LogP contribution in [-0.2, 0) is 6.18 Å². The van der Waals surface area contributed by atoms with Crippen LogP contribution in [0.1, 0.15) is 5.56 Å². The second-order valence-electron chi connectivity index (χ2n) is 4.57. The highest BCUT2D eigenvalue weighted by Crippen LogP contribution is 2.33. The van der Waals surface area contributed by atoms with E-state index in [9.17, 15) is 18.0 Å². The van der Waals surface area contributed by atoms with Crippen molar-refractivity contribution in [3.8, 4) is 11.3 Å². The van der Waals surface area contributed by atoms with Gasteiger partial charge < -0.3 is 9.32 Å². The normalized spacial score (nSPS) is 11.5. The molecule has 2 rings (SSSR count). The van der Waals surface area contributed by atoms with E-state index in [0.717, 1.165) is 12.1 Å². The summed E-state index contributed by atoms with van der Waals surface area (Å²) in [4.78, 5) is 13.3. The summed E-state index contributed by atoms with van der Waals surface area (Å²) in [5.41, 5.74) is -1.08. The Labute approximate surface area is 123 Å². The Bertz CT molecular complexity index is 723. The van der Waals surface area contributed by atoms with E-state index in [1.165, 1.54) is 18.2 Å². The van der Waals surface area contributed by atoms with E-state index in [-0.39, 0.29) is 16.3 Å². The fourth-order valence-electron chi connectivity index (χ4n) is 1.78. The van der Waals surface area contributed by atoms with E-state index < -0.39 is 17.4 Å². The molecule has 0 radical (unpaired) electrons. The third-order valence-electron chi connectivity index (χ3n) is 2.83. The monoisotopic (exact) mass is 317 g/mol. The third-order valence-corrected chi connectivity index (χ3v) is 3.18. The van der Waals surface area contributed by atoms with Gasteiger partial charge in [0.05, 0.1) is 11.3 Å². The second-order valence-corrected chi connectivity index (χ2v) is 4.95. The highest BCUT2D eigenvalue weighted by molar-refractivity contribution is 6.33. The van der Waals surface area contributed by atoms with Crippen molar-refractivity contribution < 1.29 is 17.6 Å². The molecule has 0 bridgehead atoms. The maximum absolute atomic E-state index is 12.7. The molecule has 0 unspecified atom stereocenters. The Morgan fingerprint density at radius 1 is 1.19 bits per heavy atom. The molecule has 0 amide bonds. The van der Waals surface area contributed by atoms with Crippen LogP contribution in [0, 0.1) is 0 Å². The van der Waals surface area contributed by atoms with E-state index in [2.05, 4.69) is 0 Å². The molecule has 0 N–H and O–H groups in total. The summed E-state index contributed by atoms with van der Waals surface area (Å²) in [6.45, 7) is 0. The third kappa shape index (κ3) is 3.21. The van der Waals surface area contributed by atoms with Gasteiger partial charge in [-0.05, 0) is 12.1 Å². The lowest BCUT2D eigenvalue weighted by Crippen LogP contribution is -2.14. The summed E-state index contributed by atoms with van der Waals surface area (Å²) in [6, 6.07) is 5.98. The van der Waals surface area contributed by atoms with Crippen molar-refractivity contribution in [2.45, 2.75) is 6.18 Å². The zero-order valence-corrected chi connectivity index (χ0v) is 11.9. The molecule has 0 spiro atoms. The van der Waals surface area contributed by atoms with Crippen LogP contribution in [0.25, 0.3) is 11.3 Å². The summed E-state index contributed by atoms with van der Waals surface area (Å²) < 4.78 is 43.1. The zero-order valence-electron chi connectivity index (χ0n) is 11.2. The zero-order chi connectivity index (χ0) is 15.8. The van der Waals surface area contributed by atoms with Crippen molar-refractivity contribution in [1.82, 2.24) is 0 Å². The molecule has 0 aliphatic rings. The molecule has 1 aromatic heterocycles. The number of anilines is 1. The summed E-state index contributed by atoms with van der Waals surface area (Å²) in [5.74, 6) is 0.0270. The minimum Gasteiger partial charge on any atom is -0.422 e. The quantitative estimate of drug-likeness (QED) is 0.838. The highest BCUT2D eigenvalue weighted by Gasteiger charge is 2.30. The largest absolute Gasteiger partial charge is 0.422 e. The van der Waals surface area contributed by atoms with Gasteiger partial charge in [0.15, 0.2) is 0 Å². The van der Waals surface area contributed by atoms with Gasteiger partial charge in [0, 0.05) is 25.7 Å². The molecule has 0 atom stereocenters. The van der Waals surface area contributed by atoms with Crippen molar-refractivity contribution in [3.63, 3.8) is 0 Å². The number of hydrogen-bond acceptors (Lipinski definition) is 3. The minimum absolute atomic E-state index is 0.0270. The SMILES string of the molecule is CN(C)c1cc(-c2cccc(C(F)(F)F)c2)oc(=O)c1Cl. The molecule has 3 nitrogen and oxygen atoms in total. The molecule has 0 fully saturated rings. The molecule has 7 heteroatoms. The van der Waals surface area contributed by atoms with Crippen LogP contribution in [0.2, 0.25) is 5.02 Å². The first kappa shape index (κ1) is 15.4. The number of rotatable bonds is 2. The van der Waals surface area contributed by atoms with Gasteiger partial charge in [-0.1, -0.05) is 23.7 Å². The summed E-state index contributed by atoms with van der Waals surface area (Å²) >= 11 is 5.82. The Hall–Kier alpha value is -1.95. The van der Waals surface area contributed by atoms with Gasteiger partial charge >= 0.3 is 11.8 Å². The number of nitrogens with zero attached hydrogens (tertiary/aromatic N) is 1. The van der Waals surface area contributed by atoms with Gasteiger partial charge in [0.2, 0.25) is 0 Å². The minimum atomic E-state index is -4.47. The smallest absolute Gasteiger partial charge is 0.416 e. The van der Waals surface area contributed by atoms with Crippen LogP contribution in [0.15, 0.2) is 39.5 Å². The van der Waals surface area contributed by atoms with E-state index in [4.69, 9.17) is 16.0 Å². The lowest BCUT2D eigenvalue weighted by atomic mass is 10.1. The number of hydrogen-bond donors (Lipinski definition) is 0. The first-order chi connectivity index (χ1) is 9.70. The van der Waals surface area contributed by atoms with Crippen molar-refractivity contribution in [3.05, 3.63) is 51.3 Å². The molecule has 1 heterocycles. The first-order valence-electron chi connectivity index (χ1n) is 5.89. The molecular formula is C14H11ClF3NO2. The van der Waals surface area contributed by atoms with Crippen molar-refractivity contribution in [1.29, 1.82) is 0 Å². The first-order valence-corrected chi connectivity index (χ1v) is 6.26. The van der Waals surface area contributed by atoms with Crippen molar-refractivity contribution >= 4 is 17.3 Å². The van der Waals surface area contributed by atoms with E-state index >= 15 is 0 Å². The summed E-state index contributed by atoms with van der Waals surface area (Å²) in [5, 5.41) is -0.115. The van der Waals surface area contributed by atoms with E-state index in [1.54, 1.807) is 19.0 Å². The lowest BCUT2D eigenvalue weighted by Gasteiger charge is -2.14. The van der Waals surface area contributed by atoms with Crippen molar-refractivity contribution in [2.75, 3.05) is 19.0 Å². The van der Waals surface area contributed by atoms with Gasteiger partial charge in [-0.15, -0.1) is 0 Å². The Kier molecular flexibility index (Phi) is 4.00. The summed E-state index contributed by atoms with van der Waals surface area (Å²) in [6.07, 6.45) is -4.47. The van der Waals surface area contributed by atoms with Crippen LogP contribution in [-0.4, -0.2) is 14.1 Å². The molecule has 0 aliphatic carbocycles. The molecular weight excluding hydrogens is 307 g/mol. The average molecular weight is 318 g/mol. The van der Waals surface area contributed by atoms with E-state index in [0.29, 0.717) is 5.69 Å². The molecule has 0 saturated carbocycles. The number of alkyl halides is 3. The Morgan fingerprint density at radius 3 is 2.43 bits per heavy atom. The van der Waals surface area contributed by atoms with Crippen LogP contribution in [0.3, 0.4) is 0 Å². The van der Waals surface area contributed by atoms with Gasteiger partial charge in [-0.2, -0.15) is 13.2 Å². The fourth-order valence-corrected chi connectivity index (χ4v) is 2.04. The maximum atomic E-state index is 12.7. The average Bonchev–Trinajstić information content (AvgIpc) is 2.40. The number of benzene rings is 1. The number of halogens is 4. The predicted molar refractivity (Wildman–Crippen MR) is 74.8 cm³/mol. The Morgan fingerprint density at radius 2 is 1.86 bits per heavy atom. The van der Waals surface area contributed by atoms with Gasteiger partial charge in [-0.25, -0.2) is 4.79 Å². The lowest BCUT2D eigenvalue weighted by molar-refractivity contribution is -0.137. The topological polar surface area (TPSA) is 33.5 Å². The van der Waals surface area contributed by atoms with Crippen LogP contribution in [0.5, 0.6) is 0 Å². The standard InChI is InChI=1S/C14H11ClF3NO2/c1-19(2)10-7-11(21-13(20)12(10)15)8-4-3-5-9(6-8)14(16,17)18/h3-7H,1-2H3. The van der Waals surface area contributed by atoms with Gasteiger partial charge in [0.25, 0.3) is 0 Å². The van der Waals surface area contributed by atoms with Crippen LogP contribution < -0.4 is 10.5 Å². The molecule has 2 aromatic rings. The van der Waals surface area contributed by atoms with Crippen LogP contribution >= 0.6 is 11.6 Å². The molecule has 0 aliphatic heterocycles. The molecule has 112 valence electrons. The van der Waals surface area contributed by atoms with E-state index in [1.807, 2.05) is 0 Å². The summed E-state index contributed by atoms with van der Waals surface area (Å²) in [7, 11) is 3.33. The van der Waals surface area contributed by atoms with Gasteiger partial charge in [-0.3, -0.25) is 0 Å². The highest BCUT2D eigenvalue weighted by atomic mass is 35.5. The molecule has 1 aromatic carbocycles. The Balaban J connectivity index is 2.60. The fraction of sp³-hybridized carbons (Fsp3) is 0.214. The predicted octanol–water partition coefficient (Wildman–Crippen LogP) is 4.05. The van der Waals surface area contributed by atoms with Gasteiger partial charge in [0.1, 0.15) is 10.8 Å².